The van der Waals surface area contributed by atoms with Crippen LogP contribution in [-0.2, 0) is 6.42 Å². The Morgan fingerprint density at radius 3 is 2.36 bits per heavy atom. The molecule has 0 radical (unpaired) electrons. The van der Waals surface area contributed by atoms with E-state index in [9.17, 15) is 4.79 Å². The molecule has 2 aromatic rings. The number of carbonyl (C=O) groups excluding carboxylic acids is 1. The van der Waals surface area contributed by atoms with Crippen LogP contribution in [0.3, 0.4) is 0 Å². The number of carbonyl (C=O) groups is 1. The number of benzene rings is 1. The van der Waals surface area contributed by atoms with E-state index in [1.54, 1.807) is 30.1 Å². The number of guanidine groups is 1. The standard InChI is InChI=1S/C19H22Cl2N4O2.HI/c1-22-19(23-5-4-14-11-15(20)13-16(21)12-14)25-8-6-24(7-9-25)18(26)17-3-2-10-27-17;/h2-3,10-13H,4-9H2,1H3,(H,22,23);1H. The van der Waals surface area contributed by atoms with Gasteiger partial charge in [0.05, 0.1) is 6.26 Å². The van der Waals surface area contributed by atoms with Gasteiger partial charge in [0.25, 0.3) is 5.91 Å². The number of piperazine rings is 1. The monoisotopic (exact) mass is 536 g/mol. The van der Waals surface area contributed by atoms with Crippen molar-refractivity contribution in [3.05, 3.63) is 58.0 Å². The Hall–Kier alpha value is -1.45. The first kappa shape index (κ1) is 22.8. The SMILES string of the molecule is CN=C(NCCc1cc(Cl)cc(Cl)c1)N1CCN(C(=O)c2ccco2)CC1.I. The van der Waals surface area contributed by atoms with Gasteiger partial charge in [-0.2, -0.15) is 0 Å². The van der Waals surface area contributed by atoms with Crippen LogP contribution in [0.5, 0.6) is 0 Å². The lowest BCUT2D eigenvalue weighted by molar-refractivity contribution is 0.0658. The molecule has 0 aliphatic carbocycles. The Morgan fingerprint density at radius 2 is 1.79 bits per heavy atom. The Labute approximate surface area is 191 Å². The molecule has 0 atom stereocenters. The molecule has 0 spiro atoms. The molecule has 1 amide bonds. The van der Waals surface area contributed by atoms with Crippen molar-refractivity contribution >= 4 is 59.0 Å². The van der Waals surface area contributed by atoms with Crippen LogP contribution in [0.2, 0.25) is 10.0 Å². The summed E-state index contributed by atoms with van der Waals surface area (Å²) in [6.45, 7) is 3.41. The topological polar surface area (TPSA) is 61.1 Å². The molecule has 1 N–H and O–H groups in total. The smallest absolute Gasteiger partial charge is 0.289 e. The van der Waals surface area contributed by atoms with Crippen molar-refractivity contribution in [3.63, 3.8) is 0 Å². The molecule has 152 valence electrons. The van der Waals surface area contributed by atoms with E-state index >= 15 is 0 Å². The maximum absolute atomic E-state index is 12.3. The predicted molar refractivity (Wildman–Crippen MR) is 123 cm³/mol. The van der Waals surface area contributed by atoms with Gasteiger partial charge >= 0.3 is 0 Å². The van der Waals surface area contributed by atoms with Crippen LogP contribution in [0.1, 0.15) is 16.1 Å². The maximum Gasteiger partial charge on any atom is 0.289 e. The van der Waals surface area contributed by atoms with Gasteiger partial charge in [0, 0.05) is 49.8 Å². The fourth-order valence-electron chi connectivity index (χ4n) is 3.08. The van der Waals surface area contributed by atoms with Crippen LogP contribution < -0.4 is 5.32 Å². The number of nitrogens with one attached hydrogen (secondary N) is 1. The van der Waals surface area contributed by atoms with Crippen LogP contribution in [0.4, 0.5) is 0 Å². The second kappa shape index (κ2) is 10.9. The molecular formula is C19H23Cl2IN4O2. The van der Waals surface area contributed by atoms with Crippen molar-refractivity contribution in [2.75, 3.05) is 39.8 Å². The third-order valence-corrected chi connectivity index (χ3v) is 4.87. The number of hydrogen-bond donors (Lipinski definition) is 1. The van der Waals surface area contributed by atoms with Crippen molar-refractivity contribution in [1.29, 1.82) is 0 Å². The zero-order chi connectivity index (χ0) is 19.2. The molecule has 3 rings (SSSR count). The number of hydrogen-bond acceptors (Lipinski definition) is 3. The zero-order valence-electron chi connectivity index (χ0n) is 15.5. The fourth-order valence-corrected chi connectivity index (χ4v) is 3.65. The lowest BCUT2D eigenvalue weighted by Gasteiger charge is -2.36. The summed E-state index contributed by atoms with van der Waals surface area (Å²) < 4.78 is 5.20. The summed E-state index contributed by atoms with van der Waals surface area (Å²) in [7, 11) is 1.76. The second-order valence-corrected chi connectivity index (χ2v) is 7.13. The molecule has 1 aliphatic heterocycles. The number of rotatable bonds is 4. The van der Waals surface area contributed by atoms with Crippen LogP contribution in [0.15, 0.2) is 46.0 Å². The molecule has 1 aliphatic rings. The Balaban J connectivity index is 0.00000280. The first-order valence-corrected chi connectivity index (χ1v) is 9.56. The van der Waals surface area contributed by atoms with E-state index in [-0.39, 0.29) is 29.9 Å². The van der Waals surface area contributed by atoms with E-state index in [1.807, 2.05) is 12.1 Å². The van der Waals surface area contributed by atoms with Crippen LogP contribution >= 0.6 is 47.2 Å². The zero-order valence-corrected chi connectivity index (χ0v) is 19.4. The quantitative estimate of drug-likeness (QED) is 0.367. The van der Waals surface area contributed by atoms with Crippen molar-refractivity contribution in [2.24, 2.45) is 4.99 Å². The van der Waals surface area contributed by atoms with Gasteiger partial charge in [-0.3, -0.25) is 9.79 Å². The summed E-state index contributed by atoms with van der Waals surface area (Å²) in [5.41, 5.74) is 1.07. The summed E-state index contributed by atoms with van der Waals surface area (Å²) >= 11 is 12.1. The number of nitrogens with zero attached hydrogens (tertiary/aromatic N) is 3. The van der Waals surface area contributed by atoms with Crippen molar-refractivity contribution in [1.82, 2.24) is 15.1 Å². The first-order valence-electron chi connectivity index (χ1n) is 8.80. The molecule has 2 heterocycles. The first-order chi connectivity index (χ1) is 13.1. The molecular weight excluding hydrogens is 514 g/mol. The van der Waals surface area contributed by atoms with Gasteiger partial charge < -0.3 is 19.5 Å². The highest BCUT2D eigenvalue weighted by molar-refractivity contribution is 14.0. The highest BCUT2D eigenvalue weighted by Gasteiger charge is 2.25. The minimum absolute atomic E-state index is 0. The maximum atomic E-state index is 12.3. The largest absolute Gasteiger partial charge is 0.459 e. The number of furan rings is 1. The molecule has 1 saturated heterocycles. The third kappa shape index (κ3) is 6.02. The summed E-state index contributed by atoms with van der Waals surface area (Å²) in [4.78, 5) is 20.6. The van der Waals surface area contributed by atoms with Gasteiger partial charge in [-0.25, -0.2) is 0 Å². The molecule has 6 nitrogen and oxygen atoms in total. The fraction of sp³-hybridized carbons (Fsp3) is 0.368. The van der Waals surface area contributed by atoms with Gasteiger partial charge in [0.15, 0.2) is 11.7 Å². The van der Waals surface area contributed by atoms with Crippen molar-refractivity contribution < 1.29 is 9.21 Å². The lowest BCUT2D eigenvalue weighted by atomic mass is 10.1. The molecule has 28 heavy (non-hydrogen) atoms. The molecule has 1 aromatic heterocycles. The van der Waals surface area contributed by atoms with Crippen LogP contribution in [-0.4, -0.2) is 61.4 Å². The molecule has 9 heteroatoms. The highest BCUT2D eigenvalue weighted by atomic mass is 127. The normalized spacial score (nSPS) is 14.6. The van der Waals surface area contributed by atoms with Gasteiger partial charge in [-0.15, -0.1) is 24.0 Å². The average molecular weight is 537 g/mol. The van der Waals surface area contributed by atoms with Gasteiger partial charge in [0.1, 0.15) is 0 Å². The van der Waals surface area contributed by atoms with Crippen LogP contribution in [0.25, 0.3) is 0 Å². The van der Waals surface area contributed by atoms with E-state index in [0.717, 1.165) is 37.6 Å². The van der Waals surface area contributed by atoms with E-state index in [2.05, 4.69) is 15.2 Å². The Morgan fingerprint density at radius 1 is 1.14 bits per heavy atom. The number of halogens is 3. The average Bonchev–Trinajstić information content (AvgIpc) is 3.19. The molecule has 0 bridgehead atoms. The third-order valence-electron chi connectivity index (χ3n) is 4.43. The Bertz CT molecular complexity index is 786. The van der Waals surface area contributed by atoms with Gasteiger partial charge in [0.2, 0.25) is 0 Å². The molecule has 0 saturated carbocycles. The molecule has 0 unspecified atom stereocenters. The highest BCUT2D eigenvalue weighted by Crippen LogP contribution is 2.19. The van der Waals surface area contributed by atoms with E-state index in [1.165, 1.54) is 6.26 Å². The van der Waals surface area contributed by atoms with Gasteiger partial charge in [-0.1, -0.05) is 23.2 Å². The summed E-state index contributed by atoms with van der Waals surface area (Å²) in [6.07, 6.45) is 2.30. The molecule has 1 aromatic carbocycles. The second-order valence-electron chi connectivity index (χ2n) is 6.26. The van der Waals surface area contributed by atoms with Crippen LogP contribution in [0, 0.1) is 0 Å². The summed E-state index contributed by atoms with van der Waals surface area (Å²) in [5, 5.41) is 4.64. The van der Waals surface area contributed by atoms with Crippen molar-refractivity contribution in [2.45, 2.75) is 6.42 Å². The lowest BCUT2D eigenvalue weighted by Crippen LogP contribution is -2.54. The number of aliphatic imine (C=N–C) groups is 1. The predicted octanol–water partition coefficient (Wildman–Crippen LogP) is 3.78. The van der Waals surface area contributed by atoms with E-state index < -0.39 is 0 Å². The number of amides is 1. The minimum atomic E-state index is -0.0690. The summed E-state index contributed by atoms with van der Waals surface area (Å²) in [5.74, 6) is 1.14. The minimum Gasteiger partial charge on any atom is -0.459 e. The van der Waals surface area contributed by atoms with Gasteiger partial charge in [-0.05, 0) is 42.3 Å². The van der Waals surface area contributed by atoms with E-state index in [0.29, 0.717) is 28.9 Å². The summed E-state index contributed by atoms with van der Waals surface area (Å²) in [6, 6.07) is 8.97. The van der Waals surface area contributed by atoms with Crippen molar-refractivity contribution in [3.8, 4) is 0 Å². The van der Waals surface area contributed by atoms with E-state index in [4.69, 9.17) is 27.6 Å². The molecule has 1 fully saturated rings. The Kier molecular flexibility index (Phi) is 8.91.